The predicted octanol–water partition coefficient (Wildman–Crippen LogP) is 8.64. The number of hydrogen-bond acceptors (Lipinski definition) is 6. The molecule has 0 amide bonds. The van der Waals surface area contributed by atoms with Gasteiger partial charge in [-0.15, -0.1) is 0 Å². The normalized spacial score (nSPS) is 10.6. The molecular formula is C32H28N2O4. The van der Waals surface area contributed by atoms with E-state index in [2.05, 4.69) is 0 Å². The lowest BCUT2D eigenvalue weighted by molar-refractivity contribution is 0.416. The summed E-state index contributed by atoms with van der Waals surface area (Å²) in [6, 6.07) is 33.5. The van der Waals surface area contributed by atoms with Gasteiger partial charge in [0.05, 0.1) is 11.4 Å². The first kappa shape index (κ1) is 24.6. The first-order valence-corrected chi connectivity index (χ1v) is 12.2. The van der Waals surface area contributed by atoms with Crippen molar-refractivity contribution in [2.75, 3.05) is 11.5 Å². The summed E-state index contributed by atoms with van der Waals surface area (Å²) >= 11 is 0. The molecule has 5 rings (SSSR count). The Hall–Kier alpha value is -5.10. The third-order valence-corrected chi connectivity index (χ3v) is 5.88. The summed E-state index contributed by atoms with van der Waals surface area (Å²) in [5, 5.41) is 0. The van der Waals surface area contributed by atoms with Crippen LogP contribution in [-0.2, 0) is 0 Å². The Labute approximate surface area is 222 Å². The number of rotatable bonds is 8. The van der Waals surface area contributed by atoms with Crippen molar-refractivity contribution in [2.24, 2.45) is 0 Å². The number of ether oxygens (including phenoxy) is 4. The number of aryl methyl sites for hydroxylation is 2. The molecule has 0 aliphatic heterocycles. The second kappa shape index (κ2) is 10.9. The maximum absolute atomic E-state index is 6.12. The van der Waals surface area contributed by atoms with Crippen molar-refractivity contribution in [3.8, 4) is 46.0 Å². The minimum atomic E-state index is 0.581. The average molecular weight is 505 g/mol. The van der Waals surface area contributed by atoms with Gasteiger partial charge in [0.25, 0.3) is 0 Å². The number of nitrogen functional groups attached to an aromatic ring is 2. The van der Waals surface area contributed by atoms with E-state index in [1.807, 2.05) is 123 Å². The van der Waals surface area contributed by atoms with Gasteiger partial charge in [-0.25, -0.2) is 0 Å². The van der Waals surface area contributed by atoms with E-state index in [1.54, 1.807) is 0 Å². The summed E-state index contributed by atoms with van der Waals surface area (Å²) in [5.74, 6) is 5.08. The number of benzene rings is 5. The third-order valence-electron chi connectivity index (χ3n) is 5.88. The van der Waals surface area contributed by atoms with Crippen molar-refractivity contribution in [2.45, 2.75) is 13.8 Å². The standard InChI is InChI=1S/C32H28N2O4/c1-21-7-5-9-27(33)31(21)37-25-17-13-23(14-18-25)35-29-11-3-4-12-30(29)36-24-15-19-26(20-16-24)38-32-22(2)8-6-10-28(32)34/h3-20H,33-34H2,1-2H3. The lowest BCUT2D eigenvalue weighted by Crippen LogP contribution is -1.95. The SMILES string of the molecule is Cc1cccc(N)c1Oc1ccc(Oc2ccccc2Oc2ccc(Oc3c(C)cccc3N)cc2)cc1. The van der Waals surface area contributed by atoms with E-state index in [-0.39, 0.29) is 0 Å². The molecule has 6 heteroatoms. The van der Waals surface area contributed by atoms with Crippen LogP contribution in [0.4, 0.5) is 11.4 Å². The zero-order chi connectivity index (χ0) is 26.5. The first-order valence-electron chi connectivity index (χ1n) is 12.2. The van der Waals surface area contributed by atoms with Crippen LogP contribution in [0.3, 0.4) is 0 Å². The smallest absolute Gasteiger partial charge is 0.169 e. The van der Waals surface area contributed by atoms with Gasteiger partial charge in [0.1, 0.15) is 23.0 Å². The van der Waals surface area contributed by atoms with Crippen LogP contribution in [0, 0.1) is 13.8 Å². The average Bonchev–Trinajstić information content (AvgIpc) is 2.92. The summed E-state index contributed by atoms with van der Waals surface area (Å²) in [4.78, 5) is 0. The predicted molar refractivity (Wildman–Crippen MR) is 151 cm³/mol. The van der Waals surface area contributed by atoms with Gasteiger partial charge in [0.2, 0.25) is 0 Å². The molecule has 0 aromatic heterocycles. The lowest BCUT2D eigenvalue weighted by Gasteiger charge is -2.14. The monoisotopic (exact) mass is 504 g/mol. The Balaban J connectivity index is 1.26. The molecule has 0 radical (unpaired) electrons. The molecule has 4 N–H and O–H groups in total. The van der Waals surface area contributed by atoms with Crippen LogP contribution in [0.5, 0.6) is 46.0 Å². The molecule has 6 nitrogen and oxygen atoms in total. The molecule has 5 aromatic carbocycles. The van der Waals surface area contributed by atoms with Gasteiger partial charge in [0.15, 0.2) is 23.0 Å². The summed E-state index contributed by atoms with van der Waals surface area (Å²) in [6.45, 7) is 3.92. The van der Waals surface area contributed by atoms with Crippen molar-refractivity contribution in [1.29, 1.82) is 0 Å². The van der Waals surface area contributed by atoms with Gasteiger partial charge in [-0.3, -0.25) is 0 Å². The Morgan fingerprint density at radius 2 is 0.737 bits per heavy atom. The molecule has 0 spiro atoms. The highest BCUT2D eigenvalue weighted by molar-refractivity contribution is 5.59. The molecule has 0 bridgehead atoms. The fourth-order valence-corrected chi connectivity index (χ4v) is 3.89. The zero-order valence-electron chi connectivity index (χ0n) is 21.2. The second-order valence-electron chi connectivity index (χ2n) is 8.78. The maximum atomic E-state index is 6.12. The van der Waals surface area contributed by atoms with Crippen LogP contribution in [0.15, 0.2) is 109 Å². The molecular weight excluding hydrogens is 476 g/mol. The van der Waals surface area contributed by atoms with Gasteiger partial charge >= 0.3 is 0 Å². The number of para-hydroxylation sites is 4. The van der Waals surface area contributed by atoms with Gasteiger partial charge in [0, 0.05) is 0 Å². The maximum Gasteiger partial charge on any atom is 0.169 e. The summed E-state index contributed by atoms with van der Waals surface area (Å²) in [5.41, 5.74) is 15.2. The van der Waals surface area contributed by atoms with Crippen LogP contribution in [-0.4, -0.2) is 0 Å². The highest BCUT2D eigenvalue weighted by Crippen LogP contribution is 2.37. The Morgan fingerprint density at radius 1 is 0.395 bits per heavy atom. The van der Waals surface area contributed by atoms with Crippen molar-refractivity contribution in [3.63, 3.8) is 0 Å². The van der Waals surface area contributed by atoms with E-state index >= 15 is 0 Å². The van der Waals surface area contributed by atoms with E-state index < -0.39 is 0 Å². The largest absolute Gasteiger partial charge is 0.455 e. The molecule has 0 saturated carbocycles. The van der Waals surface area contributed by atoms with Gasteiger partial charge in [-0.2, -0.15) is 0 Å². The molecule has 0 unspecified atom stereocenters. The highest BCUT2D eigenvalue weighted by Gasteiger charge is 2.10. The quantitative estimate of drug-likeness (QED) is 0.206. The van der Waals surface area contributed by atoms with E-state index in [9.17, 15) is 0 Å². The number of nitrogens with two attached hydrogens (primary N) is 2. The second-order valence-corrected chi connectivity index (χ2v) is 8.78. The van der Waals surface area contributed by atoms with Crippen molar-refractivity contribution in [1.82, 2.24) is 0 Å². The first-order chi connectivity index (χ1) is 18.5. The van der Waals surface area contributed by atoms with Gasteiger partial charge in [-0.05, 0) is 97.8 Å². The Kier molecular flexibility index (Phi) is 7.04. The van der Waals surface area contributed by atoms with E-state index in [0.717, 1.165) is 11.1 Å². The van der Waals surface area contributed by atoms with E-state index in [1.165, 1.54) is 0 Å². The minimum absolute atomic E-state index is 0.581. The minimum Gasteiger partial charge on any atom is -0.455 e. The molecule has 0 aliphatic carbocycles. The molecule has 0 heterocycles. The topological polar surface area (TPSA) is 89.0 Å². The van der Waals surface area contributed by atoms with Crippen LogP contribution in [0.25, 0.3) is 0 Å². The summed E-state index contributed by atoms with van der Waals surface area (Å²) in [7, 11) is 0. The molecule has 0 aliphatic rings. The Bertz CT molecular complexity index is 1390. The molecule has 0 fully saturated rings. The zero-order valence-corrected chi connectivity index (χ0v) is 21.2. The molecule has 0 saturated heterocycles. The van der Waals surface area contributed by atoms with Crippen molar-refractivity contribution < 1.29 is 18.9 Å². The van der Waals surface area contributed by atoms with E-state index in [4.69, 9.17) is 30.4 Å². The molecule has 190 valence electrons. The van der Waals surface area contributed by atoms with Crippen molar-refractivity contribution in [3.05, 3.63) is 120 Å². The summed E-state index contributed by atoms with van der Waals surface area (Å²) < 4.78 is 24.2. The summed E-state index contributed by atoms with van der Waals surface area (Å²) in [6.07, 6.45) is 0. The van der Waals surface area contributed by atoms with Crippen LogP contribution < -0.4 is 30.4 Å². The van der Waals surface area contributed by atoms with E-state index in [0.29, 0.717) is 57.4 Å². The Morgan fingerprint density at radius 3 is 1.08 bits per heavy atom. The molecule has 0 atom stereocenters. The molecule has 5 aromatic rings. The fourth-order valence-electron chi connectivity index (χ4n) is 3.89. The van der Waals surface area contributed by atoms with Crippen LogP contribution in [0.1, 0.15) is 11.1 Å². The van der Waals surface area contributed by atoms with Crippen molar-refractivity contribution >= 4 is 11.4 Å². The van der Waals surface area contributed by atoms with Crippen LogP contribution in [0.2, 0.25) is 0 Å². The third kappa shape index (κ3) is 5.65. The highest BCUT2D eigenvalue weighted by atomic mass is 16.5. The van der Waals surface area contributed by atoms with Gasteiger partial charge in [-0.1, -0.05) is 36.4 Å². The van der Waals surface area contributed by atoms with Gasteiger partial charge < -0.3 is 30.4 Å². The molecule has 38 heavy (non-hydrogen) atoms. The number of hydrogen-bond donors (Lipinski definition) is 2. The van der Waals surface area contributed by atoms with Crippen LogP contribution >= 0.6 is 0 Å². The lowest BCUT2D eigenvalue weighted by atomic mass is 10.2. The fraction of sp³-hybridized carbons (Fsp3) is 0.0625. The number of anilines is 2.